The van der Waals surface area contributed by atoms with Crippen molar-refractivity contribution in [3.63, 3.8) is 0 Å². The van der Waals surface area contributed by atoms with E-state index in [0.29, 0.717) is 16.9 Å². The maximum absolute atomic E-state index is 12.8. The number of carbonyl (C=O) groups excluding carboxylic acids is 1. The van der Waals surface area contributed by atoms with Gasteiger partial charge in [-0.2, -0.15) is 5.26 Å². The number of rotatable bonds is 3. The van der Waals surface area contributed by atoms with Gasteiger partial charge in [0.1, 0.15) is 11.8 Å². The highest BCUT2D eigenvalue weighted by Crippen LogP contribution is 2.28. The molecule has 5 heteroatoms. The minimum absolute atomic E-state index is 0.0993. The van der Waals surface area contributed by atoms with Crippen LogP contribution in [0.25, 0.3) is 0 Å². The lowest BCUT2D eigenvalue weighted by Gasteiger charge is -2.21. The van der Waals surface area contributed by atoms with Gasteiger partial charge in [0.2, 0.25) is 5.78 Å². The lowest BCUT2D eigenvalue weighted by atomic mass is 10.1. The monoisotopic (exact) mass is 292 g/mol. The summed E-state index contributed by atoms with van der Waals surface area (Å²) < 4.78 is 0. The second kappa shape index (κ2) is 5.86. The Morgan fingerprint density at radius 1 is 1.23 bits per heavy atom. The predicted octanol–water partition coefficient (Wildman–Crippen LogP) is 2.37. The molecule has 1 aliphatic heterocycles. The molecule has 2 aromatic rings. The number of aromatic nitrogens is 1. The van der Waals surface area contributed by atoms with E-state index in [0.717, 1.165) is 31.6 Å². The average molecular weight is 292 g/mol. The van der Waals surface area contributed by atoms with E-state index in [1.807, 2.05) is 24.3 Å². The summed E-state index contributed by atoms with van der Waals surface area (Å²) >= 11 is 0. The number of nitriles is 1. The maximum atomic E-state index is 12.8. The van der Waals surface area contributed by atoms with E-state index >= 15 is 0 Å². The second-order valence-corrected chi connectivity index (χ2v) is 5.30. The molecule has 1 fully saturated rings. The first kappa shape index (κ1) is 14.1. The van der Waals surface area contributed by atoms with Crippen molar-refractivity contribution in [2.75, 3.05) is 23.7 Å². The van der Waals surface area contributed by atoms with Gasteiger partial charge in [-0.1, -0.05) is 30.3 Å². The minimum atomic E-state index is -0.181. The van der Waals surface area contributed by atoms with Gasteiger partial charge in [-0.3, -0.25) is 4.79 Å². The van der Waals surface area contributed by atoms with E-state index in [9.17, 15) is 4.79 Å². The fraction of sp³-hybridized carbons (Fsp3) is 0.235. The first-order valence-electron chi connectivity index (χ1n) is 7.26. The Morgan fingerprint density at radius 3 is 2.55 bits per heavy atom. The summed E-state index contributed by atoms with van der Waals surface area (Å²) in [6.45, 7) is 1.75. The van der Waals surface area contributed by atoms with Crippen molar-refractivity contribution in [3.8, 4) is 6.07 Å². The van der Waals surface area contributed by atoms with Crippen LogP contribution in [0.2, 0.25) is 0 Å². The number of ketones is 1. The third kappa shape index (κ3) is 2.51. The Bertz CT molecular complexity index is 743. The number of anilines is 2. The molecule has 0 saturated carbocycles. The maximum Gasteiger partial charge on any atom is 0.213 e. The molecule has 22 heavy (non-hydrogen) atoms. The highest BCUT2D eigenvalue weighted by molar-refractivity contribution is 6.11. The van der Waals surface area contributed by atoms with Crippen LogP contribution in [0.3, 0.4) is 0 Å². The summed E-state index contributed by atoms with van der Waals surface area (Å²) in [6, 6.07) is 12.6. The van der Waals surface area contributed by atoms with Crippen LogP contribution in [0.5, 0.6) is 0 Å². The highest BCUT2D eigenvalue weighted by Gasteiger charge is 2.23. The van der Waals surface area contributed by atoms with Gasteiger partial charge >= 0.3 is 0 Å². The lowest BCUT2D eigenvalue weighted by molar-refractivity contribution is 0.103. The molecule has 1 saturated heterocycles. The van der Waals surface area contributed by atoms with E-state index in [2.05, 4.69) is 9.88 Å². The van der Waals surface area contributed by atoms with Crippen LogP contribution in [0.15, 0.2) is 36.4 Å². The quantitative estimate of drug-likeness (QED) is 0.878. The Hall–Kier alpha value is -2.87. The summed E-state index contributed by atoms with van der Waals surface area (Å²) in [6.07, 6.45) is 2.16. The van der Waals surface area contributed by atoms with E-state index in [4.69, 9.17) is 11.0 Å². The van der Waals surface area contributed by atoms with Gasteiger partial charge in [0.15, 0.2) is 5.69 Å². The molecule has 0 amide bonds. The van der Waals surface area contributed by atoms with Gasteiger partial charge in [-0.25, -0.2) is 4.98 Å². The van der Waals surface area contributed by atoms with Crippen molar-refractivity contribution in [1.82, 2.24) is 4.98 Å². The topological polar surface area (TPSA) is 83.0 Å². The first-order chi connectivity index (χ1) is 10.7. The lowest BCUT2D eigenvalue weighted by Crippen LogP contribution is -2.22. The normalized spacial score (nSPS) is 13.9. The van der Waals surface area contributed by atoms with Crippen molar-refractivity contribution >= 4 is 17.2 Å². The highest BCUT2D eigenvalue weighted by atomic mass is 16.1. The number of carbonyl (C=O) groups is 1. The SMILES string of the molecule is N#Cc1nc(C(=O)c2ccccc2)c(N2CCCC2)cc1N. The van der Waals surface area contributed by atoms with Crippen LogP contribution in [-0.2, 0) is 0 Å². The molecule has 2 heterocycles. The molecule has 3 rings (SSSR count). The number of benzene rings is 1. The van der Waals surface area contributed by atoms with Crippen LogP contribution in [-0.4, -0.2) is 23.9 Å². The zero-order valence-corrected chi connectivity index (χ0v) is 12.1. The Labute approximate surface area is 129 Å². The average Bonchev–Trinajstić information content (AvgIpc) is 3.09. The standard InChI is InChI=1S/C17H16N4O/c18-11-14-13(19)10-15(21-8-4-5-9-21)16(20-14)17(22)12-6-2-1-3-7-12/h1-3,6-7,10H,4-5,8-9,19H2. The van der Waals surface area contributed by atoms with E-state index < -0.39 is 0 Å². The van der Waals surface area contributed by atoms with Crippen LogP contribution >= 0.6 is 0 Å². The number of hydrogen-bond acceptors (Lipinski definition) is 5. The molecule has 0 radical (unpaired) electrons. The van der Waals surface area contributed by atoms with E-state index in [1.54, 1.807) is 18.2 Å². The molecular weight excluding hydrogens is 276 g/mol. The van der Waals surface area contributed by atoms with Gasteiger partial charge in [0, 0.05) is 18.7 Å². The molecule has 0 bridgehead atoms. The Morgan fingerprint density at radius 2 is 1.91 bits per heavy atom. The summed E-state index contributed by atoms with van der Waals surface area (Å²) in [7, 11) is 0. The fourth-order valence-corrected chi connectivity index (χ4v) is 2.70. The largest absolute Gasteiger partial charge is 0.396 e. The number of nitrogen functional groups attached to an aromatic ring is 1. The molecule has 2 N–H and O–H groups in total. The van der Waals surface area contributed by atoms with E-state index in [1.165, 1.54) is 0 Å². The molecule has 0 aliphatic carbocycles. The van der Waals surface area contributed by atoms with Crippen molar-refractivity contribution in [1.29, 1.82) is 5.26 Å². The molecule has 1 aromatic carbocycles. The second-order valence-electron chi connectivity index (χ2n) is 5.30. The zero-order chi connectivity index (χ0) is 15.5. The molecule has 1 aliphatic rings. The van der Waals surface area contributed by atoms with Crippen molar-refractivity contribution in [2.24, 2.45) is 0 Å². The van der Waals surface area contributed by atoms with Gasteiger partial charge in [-0.15, -0.1) is 0 Å². The van der Waals surface area contributed by atoms with Gasteiger partial charge < -0.3 is 10.6 Å². The number of nitrogens with two attached hydrogens (primary N) is 1. The summed E-state index contributed by atoms with van der Waals surface area (Å²) in [5.41, 5.74) is 7.89. The van der Waals surface area contributed by atoms with Gasteiger partial charge in [-0.05, 0) is 18.9 Å². The Kier molecular flexibility index (Phi) is 3.75. The van der Waals surface area contributed by atoms with E-state index in [-0.39, 0.29) is 11.5 Å². The smallest absolute Gasteiger partial charge is 0.213 e. The molecule has 0 unspecified atom stereocenters. The summed E-state index contributed by atoms with van der Waals surface area (Å²) in [4.78, 5) is 19.1. The molecule has 110 valence electrons. The number of pyridine rings is 1. The fourth-order valence-electron chi connectivity index (χ4n) is 2.70. The first-order valence-corrected chi connectivity index (χ1v) is 7.26. The van der Waals surface area contributed by atoms with Crippen molar-refractivity contribution in [3.05, 3.63) is 53.3 Å². The van der Waals surface area contributed by atoms with Crippen LogP contribution in [0.4, 0.5) is 11.4 Å². The molecule has 0 spiro atoms. The Balaban J connectivity index is 2.12. The van der Waals surface area contributed by atoms with Crippen molar-refractivity contribution in [2.45, 2.75) is 12.8 Å². The summed E-state index contributed by atoms with van der Waals surface area (Å²) in [5, 5.41) is 9.13. The van der Waals surface area contributed by atoms with Crippen LogP contribution < -0.4 is 10.6 Å². The minimum Gasteiger partial charge on any atom is -0.396 e. The summed E-state index contributed by atoms with van der Waals surface area (Å²) in [5.74, 6) is -0.181. The van der Waals surface area contributed by atoms with Gasteiger partial charge in [0.05, 0.1) is 11.4 Å². The molecule has 0 atom stereocenters. The predicted molar refractivity (Wildman–Crippen MR) is 84.7 cm³/mol. The molecular formula is C17H16N4O. The molecule has 5 nitrogen and oxygen atoms in total. The molecule has 1 aromatic heterocycles. The van der Waals surface area contributed by atoms with Gasteiger partial charge in [0.25, 0.3) is 0 Å². The van der Waals surface area contributed by atoms with Crippen molar-refractivity contribution < 1.29 is 4.79 Å². The zero-order valence-electron chi connectivity index (χ0n) is 12.1. The number of hydrogen-bond donors (Lipinski definition) is 1. The number of nitrogens with zero attached hydrogens (tertiary/aromatic N) is 3. The van der Waals surface area contributed by atoms with Crippen LogP contribution in [0, 0.1) is 11.3 Å². The van der Waals surface area contributed by atoms with Crippen LogP contribution in [0.1, 0.15) is 34.6 Å². The third-order valence-corrected chi connectivity index (χ3v) is 3.84. The third-order valence-electron chi connectivity index (χ3n) is 3.84.